The fourth-order valence-corrected chi connectivity index (χ4v) is 2.73. The molecule has 1 aliphatic heterocycles. The molecular formula is C17H22N2O4. The minimum atomic E-state index is -0.862. The molecule has 0 aromatic heterocycles. The van der Waals surface area contributed by atoms with Crippen molar-refractivity contribution in [2.24, 2.45) is 5.92 Å². The largest absolute Gasteiger partial charge is 0.481 e. The Morgan fingerprint density at radius 2 is 1.78 bits per heavy atom. The van der Waals surface area contributed by atoms with Crippen LogP contribution in [0.2, 0.25) is 0 Å². The van der Waals surface area contributed by atoms with Gasteiger partial charge in [-0.2, -0.15) is 0 Å². The highest BCUT2D eigenvalue weighted by atomic mass is 16.4. The predicted molar refractivity (Wildman–Crippen MR) is 85.3 cm³/mol. The number of amides is 2. The molecule has 6 heteroatoms. The Kier molecular flexibility index (Phi) is 6.14. The van der Waals surface area contributed by atoms with Crippen LogP contribution in [0, 0.1) is 5.92 Å². The number of rotatable bonds is 6. The van der Waals surface area contributed by atoms with Crippen molar-refractivity contribution in [3.8, 4) is 0 Å². The van der Waals surface area contributed by atoms with Crippen molar-refractivity contribution in [1.29, 1.82) is 0 Å². The molecular weight excluding hydrogens is 296 g/mol. The molecule has 0 unspecified atom stereocenters. The lowest BCUT2D eigenvalue weighted by Crippen LogP contribution is -2.45. The normalized spacial score (nSPS) is 15.2. The van der Waals surface area contributed by atoms with Gasteiger partial charge in [-0.15, -0.1) is 0 Å². The smallest absolute Gasteiger partial charge is 0.317 e. The number of carbonyl (C=O) groups excluding carboxylic acids is 2. The van der Waals surface area contributed by atoms with Gasteiger partial charge in [-0.05, 0) is 19.3 Å². The van der Waals surface area contributed by atoms with E-state index in [0.29, 0.717) is 38.9 Å². The van der Waals surface area contributed by atoms with E-state index >= 15 is 0 Å². The van der Waals surface area contributed by atoms with Crippen LogP contribution in [0.1, 0.15) is 36.0 Å². The average Bonchev–Trinajstić information content (AvgIpc) is 2.58. The molecule has 0 saturated carbocycles. The zero-order valence-electron chi connectivity index (χ0n) is 13.0. The molecule has 1 aliphatic rings. The summed E-state index contributed by atoms with van der Waals surface area (Å²) in [6.07, 6.45) is 1.80. The quantitative estimate of drug-likeness (QED) is 0.621. The van der Waals surface area contributed by atoms with Crippen molar-refractivity contribution in [2.45, 2.75) is 25.7 Å². The summed E-state index contributed by atoms with van der Waals surface area (Å²) in [5.74, 6) is -0.750. The van der Waals surface area contributed by atoms with E-state index in [2.05, 4.69) is 5.32 Å². The number of benzene rings is 1. The maximum absolute atomic E-state index is 12.4. The SMILES string of the molecule is O=C(O)CCCNC(=O)N1CCC(C(=O)c2ccccc2)CC1. The Labute approximate surface area is 135 Å². The number of carboxylic acids is 1. The average molecular weight is 318 g/mol. The Morgan fingerprint density at radius 3 is 2.39 bits per heavy atom. The van der Waals surface area contributed by atoms with E-state index in [-0.39, 0.29) is 24.2 Å². The van der Waals surface area contributed by atoms with E-state index in [1.807, 2.05) is 30.3 Å². The van der Waals surface area contributed by atoms with E-state index in [4.69, 9.17) is 5.11 Å². The highest BCUT2D eigenvalue weighted by Crippen LogP contribution is 2.21. The van der Waals surface area contributed by atoms with Crippen LogP contribution in [0.25, 0.3) is 0 Å². The van der Waals surface area contributed by atoms with Crippen LogP contribution in [0.5, 0.6) is 0 Å². The molecule has 1 heterocycles. The van der Waals surface area contributed by atoms with Gasteiger partial charge in [-0.3, -0.25) is 9.59 Å². The van der Waals surface area contributed by atoms with Gasteiger partial charge in [0.15, 0.2) is 5.78 Å². The minimum Gasteiger partial charge on any atom is -0.481 e. The van der Waals surface area contributed by atoms with Crippen LogP contribution in [0.4, 0.5) is 4.79 Å². The molecule has 1 saturated heterocycles. The molecule has 6 nitrogen and oxygen atoms in total. The van der Waals surface area contributed by atoms with Crippen LogP contribution in [-0.2, 0) is 4.79 Å². The van der Waals surface area contributed by atoms with Crippen molar-refractivity contribution in [3.05, 3.63) is 35.9 Å². The third kappa shape index (κ3) is 5.09. The predicted octanol–water partition coefficient (Wildman–Crippen LogP) is 2.16. The van der Waals surface area contributed by atoms with Crippen LogP contribution < -0.4 is 5.32 Å². The molecule has 1 aromatic carbocycles. The monoisotopic (exact) mass is 318 g/mol. The summed E-state index contributed by atoms with van der Waals surface area (Å²) < 4.78 is 0. The number of hydrogen-bond acceptors (Lipinski definition) is 3. The van der Waals surface area contributed by atoms with Gasteiger partial charge >= 0.3 is 12.0 Å². The highest BCUT2D eigenvalue weighted by Gasteiger charge is 2.27. The van der Waals surface area contributed by atoms with Gasteiger partial charge in [0.2, 0.25) is 0 Å². The minimum absolute atomic E-state index is 0.0338. The molecule has 2 N–H and O–H groups in total. The molecule has 2 rings (SSSR count). The Hall–Kier alpha value is -2.37. The molecule has 1 aromatic rings. The first-order valence-electron chi connectivity index (χ1n) is 7.92. The summed E-state index contributed by atoms with van der Waals surface area (Å²) in [6, 6.07) is 9.06. The summed E-state index contributed by atoms with van der Waals surface area (Å²) in [5, 5.41) is 11.3. The highest BCUT2D eigenvalue weighted by molar-refractivity contribution is 5.97. The van der Waals surface area contributed by atoms with Crippen molar-refractivity contribution in [2.75, 3.05) is 19.6 Å². The Morgan fingerprint density at radius 1 is 1.13 bits per heavy atom. The summed E-state index contributed by atoms with van der Waals surface area (Å²) in [5.41, 5.74) is 0.726. The zero-order valence-corrected chi connectivity index (χ0v) is 13.0. The van der Waals surface area contributed by atoms with Gasteiger partial charge < -0.3 is 15.3 Å². The third-order valence-corrected chi connectivity index (χ3v) is 4.05. The molecule has 124 valence electrons. The number of ketones is 1. The van der Waals surface area contributed by atoms with E-state index in [1.165, 1.54) is 0 Å². The zero-order chi connectivity index (χ0) is 16.7. The second-order valence-corrected chi connectivity index (χ2v) is 5.72. The summed E-state index contributed by atoms with van der Waals surface area (Å²) >= 11 is 0. The van der Waals surface area contributed by atoms with E-state index < -0.39 is 5.97 Å². The number of aliphatic carboxylic acids is 1. The topological polar surface area (TPSA) is 86.7 Å². The van der Waals surface area contributed by atoms with Crippen molar-refractivity contribution in [3.63, 3.8) is 0 Å². The number of Topliss-reactive ketones (excluding diaryl/α,β-unsaturated/α-hetero) is 1. The molecule has 2 amide bonds. The van der Waals surface area contributed by atoms with Crippen LogP contribution >= 0.6 is 0 Å². The number of nitrogens with one attached hydrogen (secondary N) is 1. The maximum atomic E-state index is 12.4. The Bertz CT molecular complexity index is 551. The van der Waals surface area contributed by atoms with Crippen molar-refractivity contribution in [1.82, 2.24) is 10.2 Å². The standard InChI is InChI=1S/C17H22N2O4/c20-15(21)7-4-10-18-17(23)19-11-8-14(9-12-19)16(22)13-5-2-1-3-6-13/h1-3,5-6,14H,4,7-12H2,(H,18,23)(H,20,21). The molecule has 0 bridgehead atoms. The first-order chi connectivity index (χ1) is 11.1. The van der Waals surface area contributed by atoms with Gasteiger partial charge in [-0.1, -0.05) is 30.3 Å². The number of carbonyl (C=O) groups is 3. The number of urea groups is 1. The lowest BCUT2D eigenvalue weighted by Gasteiger charge is -2.31. The molecule has 0 spiro atoms. The Balaban J connectivity index is 1.74. The van der Waals surface area contributed by atoms with Gasteiger partial charge in [0.1, 0.15) is 0 Å². The summed E-state index contributed by atoms with van der Waals surface area (Å²) in [6.45, 7) is 1.45. The van der Waals surface area contributed by atoms with Crippen molar-refractivity contribution < 1.29 is 19.5 Å². The lowest BCUT2D eigenvalue weighted by molar-refractivity contribution is -0.137. The number of carboxylic acid groups (broad SMARTS) is 1. The lowest BCUT2D eigenvalue weighted by atomic mass is 9.89. The first kappa shape index (κ1) is 17.0. The van der Waals surface area contributed by atoms with E-state index in [1.54, 1.807) is 4.90 Å². The van der Waals surface area contributed by atoms with Crippen LogP contribution in [-0.4, -0.2) is 47.4 Å². The molecule has 0 atom stereocenters. The number of likely N-dealkylation sites (tertiary alicyclic amines) is 1. The van der Waals surface area contributed by atoms with Crippen molar-refractivity contribution >= 4 is 17.8 Å². The summed E-state index contributed by atoms with van der Waals surface area (Å²) in [7, 11) is 0. The maximum Gasteiger partial charge on any atom is 0.317 e. The molecule has 1 fully saturated rings. The fraction of sp³-hybridized carbons (Fsp3) is 0.471. The van der Waals surface area contributed by atoms with E-state index in [0.717, 1.165) is 5.56 Å². The third-order valence-electron chi connectivity index (χ3n) is 4.05. The van der Waals surface area contributed by atoms with Gasteiger partial charge in [0.05, 0.1) is 0 Å². The second kappa shape index (κ2) is 8.31. The molecule has 0 aliphatic carbocycles. The summed E-state index contributed by atoms with van der Waals surface area (Å²) in [4.78, 5) is 36.4. The van der Waals surface area contributed by atoms with Gasteiger partial charge in [0, 0.05) is 37.5 Å². The number of piperidine rings is 1. The molecule has 23 heavy (non-hydrogen) atoms. The second-order valence-electron chi connectivity index (χ2n) is 5.72. The van der Waals surface area contributed by atoms with Crippen LogP contribution in [0.15, 0.2) is 30.3 Å². The van der Waals surface area contributed by atoms with Gasteiger partial charge in [-0.25, -0.2) is 4.79 Å². The fourth-order valence-electron chi connectivity index (χ4n) is 2.73. The van der Waals surface area contributed by atoms with Crippen LogP contribution in [0.3, 0.4) is 0 Å². The van der Waals surface area contributed by atoms with Gasteiger partial charge in [0.25, 0.3) is 0 Å². The first-order valence-corrected chi connectivity index (χ1v) is 7.92. The number of nitrogens with zero attached hydrogens (tertiary/aromatic N) is 1. The number of hydrogen-bond donors (Lipinski definition) is 2. The van der Waals surface area contributed by atoms with E-state index in [9.17, 15) is 14.4 Å². The molecule has 0 radical (unpaired) electrons.